The van der Waals surface area contributed by atoms with Gasteiger partial charge in [-0.15, -0.1) is 0 Å². The third-order valence-electron chi connectivity index (χ3n) is 5.19. The van der Waals surface area contributed by atoms with Gasteiger partial charge in [0.15, 0.2) is 0 Å². The molecule has 3 rings (SSSR count). The summed E-state index contributed by atoms with van der Waals surface area (Å²) in [6.07, 6.45) is 2.08. The molecule has 1 fully saturated rings. The lowest BCUT2D eigenvalue weighted by molar-refractivity contribution is -0.384. The Bertz CT molecular complexity index is 1040. The van der Waals surface area contributed by atoms with Crippen LogP contribution in [0.1, 0.15) is 36.5 Å². The number of rotatable bonds is 8. The van der Waals surface area contributed by atoms with Crippen LogP contribution in [0.2, 0.25) is 5.02 Å². The van der Waals surface area contributed by atoms with E-state index >= 15 is 0 Å². The summed E-state index contributed by atoms with van der Waals surface area (Å²) in [6, 6.07) is 9.96. The number of likely N-dealkylation sites (tertiary alicyclic amines) is 1. The SMILES string of the molecule is CCCCN1C[C@H](C(=O)Nc2ccc(C(=O)Nc3cc([N+](=O)[O-])ccc3Cl)cc2)CC1=O. The van der Waals surface area contributed by atoms with Crippen molar-refractivity contribution in [1.29, 1.82) is 0 Å². The zero-order valence-corrected chi connectivity index (χ0v) is 18.2. The molecular weight excluding hydrogens is 436 g/mol. The predicted octanol–water partition coefficient (Wildman–Crippen LogP) is 4.09. The Morgan fingerprint density at radius 3 is 2.56 bits per heavy atom. The summed E-state index contributed by atoms with van der Waals surface area (Å²) in [5.41, 5.74) is 0.718. The van der Waals surface area contributed by atoms with Crippen LogP contribution >= 0.6 is 11.6 Å². The van der Waals surface area contributed by atoms with Crippen molar-refractivity contribution in [1.82, 2.24) is 4.90 Å². The molecule has 1 atom stereocenters. The zero-order valence-electron chi connectivity index (χ0n) is 17.5. The first-order valence-corrected chi connectivity index (χ1v) is 10.6. The molecule has 0 radical (unpaired) electrons. The molecule has 0 saturated carbocycles. The first-order valence-electron chi connectivity index (χ1n) is 10.2. The first-order chi connectivity index (χ1) is 15.3. The summed E-state index contributed by atoms with van der Waals surface area (Å²) in [6.45, 7) is 3.12. The molecule has 32 heavy (non-hydrogen) atoms. The van der Waals surface area contributed by atoms with Crippen molar-refractivity contribution >= 4 is 46.4 Å². The fraction of sp³-hybridized carbons (Fsp3) is 0.318. The number of amides is 3. The lowest BCUT2D eigenvalue weighted by Gasteiger charge is -2.16. The number of carbonyl (C=O) groups is 3. The Morgan fingerprint density at radius 2 is 1.91 bits per heavy atom. The highest BCUT2D eigenvalue weighted by Crippen LogP contribution is 2.27. The number of non-ortho nitro benzene ring substituents is 1. The van der Waals surface area contributed by atoms with Gasteiger partial charge in [0.2, 0.25) is 11.8 Å². The molecule has 0 aromatic heterocycles. The van der Waals surface area contributed by atoms with Gasteiger partial charge in [-0.2, -0.15) is 0 Å². The minimum absolute atomic E-state index is 0.00886. The summed E-state index contributed by atoms with van der Waals surface area (Å²) in [7, 11) is 0. The van der Waals surface area contributed by atoms with Gasteiger partial charge in [0, 0.05) is 42.9 Å². The molecule has 1 saturated heterocycles. The Labute approximate surface area is 189 Å². The second-order valence-electron chi connectivity index (χ2n) is 7.54. The van der Waals surface area contributed by atoms with Gasteiger partial charge < -0.3 is 15.5 Å². The molecule has 2 aromatic carbocycles. The average molecular weight is 459 g/mol. The lowest BCUT2D eigenvalue weighted by atomic mass is 10.1. The van der Waals surface area contributed by atoms with Gasteiger partial charge in [0.05, 0.1) is 21.6 Å². The smallest absolute Gasteiger partial charge is 0.271 e. The predicted molar refractivity (Wildman–Crippen MR) is 121 cm³/mol. The number of halogens is 1. The molecule has 0 spiro atoms. The molecule has 2 aromatic rings. The monoisotopic (exact) mass is 458 g/mol. The molecule has 1 aliphatic rings. The van der Waals surface area contributed by atoms with Crippen LogP contribution in [0.3, 0.4) is 0 Å². The molecule has 10 heteroatoms. The normalized spacial score (nSPS) is 15.5. The van der Waals surface area contributed by atoms with E-state index in [1.807, 2.05) is 6.92 Å². The fourth-order valence-electron chi connectivity index (χ4n) is 3.38. The van der Waals surface area contributed by atoms with Gasteiger partial charge in [0.25, 0.3) is 11.6 Å². The second kappa shape index (κ2) is 10.2. The van der Waals surface area contributed by atoms with E-state index in [2.05, 4.69) is 10.6 Å². The molecule has 1 aliphatic heterocycles. The van der Waals surface area contributed by atoms with E-state index in [-0.39, 0.29) is 40.2 Å². The third-order valence-corrected chi connectivity index (χ3v) is 5.52. The Hall–Kier alpha value is -3.46. The number of nitro groups is 1. The van der Waals surface area contributed by atoms with Crippen LogP contribution in [0.25, 0.3) is 0 Å². The molecule has 0 aliphatic carbocycles. The molecule has 3 amide bonds. The standard InChI is InChI=1S/C22H23ClN4O5/c1-2-3-10-26-13-15(11-20(26)28)22(30)24-16-6-4-14(5-7-16)21(29)25-19-12-17(27(31)32)8-9-18(19)23/h4-9,12,15H,2-3,10-11,13H2,1H3,(H,24,30)(H,25,29)/t15-/m1/s1. The molecular formula is C22H23ClN4O5. The van der Waals surface area contributed by atoms with E-state index < -0.39 is 16.7 Å². The molecule has 2 N–H and O–H groups in total. The summed E-state index contributed by atoms with van der Waals surface area (Å²) in [5, 5.41) is 16.4. The van der Waals surface area contributed by atoms with Crippen LogP contribution in [-0.4, -0.2) is 40.6 Å². The van der Waals surface area contributed by atoms with Gasteiger partial charge >= 0.3 is 0 Å². The van der Waals surface area contributed by atoms with Gasteiger partial charge in [-0.1, -0.05) is 24.9 Å². The quantitative estimate of drug-likeness (QED) is 0.455. The minimum Gasteiger partial charge on any atom is -0.342 e. The van der Waals surface area contributed by atoms with Crippen molar-refractivity contribution in [2.75, 3.05) is 23.7 Å². The number of anilines is 2. The van der Waals surface area contributed by atoms with E-state index in [9.17, 15) is 24.5 Å². The molecule has 168 valence electrons. The Balaban J connectivity index is 1.60. The summed E-state index contributed by atoms with van der Waals surface area (Å²) >= 11 is 6.01. The summed E-state index contributed by atoms with van der Waals surface area (Å²) in [5.74, 6) is -1.15. The summed E-state index contributed by atoms with van der Waals surface area (Å²) in [4.78, 5) is 49.1. The number of benzene rings is 2. The first kappa shape index (κ1) is 23.2. The third kappa shape index (κ3) is 5.61. The average Bonchev–Trinajstić information content (AvgIpc) is 3.14. The van der Waals surface area contributed by atoms with E-state index in [4.69, 9.17) is 11.6 Å². The van der Waals surface area contributed by atoms with Crippen molar-refractivity contribution in [2.45, 2.75) is 26.2 Å². The number of carbonyl (C=O) groups excluding carboxylic acids is 3. The van der Waals surface area contributed by atoms with Crippen LogP contribution in [-0.2, 0) is 9.59 Å². The van der Waals surface area contributed by atoms with Crippen molar-refractivity contribution in [2.24, 2.45) is 5.92 Å². The van der Waals surface area contributed by atoms with Crippen LogP contribution < -0.4 is 10.6 Å². The van der Waals surface area contributed by atoms with Crippen LogP contribution in [0.4, 0.5) is 17.1 Å². The maximum Gasteiger partial charge on any atom is 0.271 e. The van der Waals surface area contributed by atoms with Crippen molar-refractivity contribution in [3.05, 3.63) is 63.2 Å². The van der Waals surface area contributed by atoms with Gasteiger partial charge in [-0.05, 0) is 36.8 Å². The Morgan fingerprint density at radius 1 is 1.19 bits per heavy atom. The molecule has 1 heterocycles. The highest BCUT2D eigenvalue weighted by molar-refractivity contribution is 6.34. The van der Waals surface area contributed by atoms with Gasteiger partial charge in [-0.25, -0.2) is 0 Å². The molecule has 0 bridgehead atoms. The zero-order chi connectivity index (χ0) is 23.3. The summed E-state index contributed by atoms with van der Waals surface area (Å²) < 4.78 is 0. The number of nitrogens with one attached hydrogen (secondary N) is 2. The lowest BCUT2D eigenvalue weighted by Crippen LogP contribution is -2.29. The van der Waals surface area contributed by atoms with Crippen molar-refractivity contribution in [3.8, 4) is 0 Å². The molecule has 0 unspecified atom stereocenters. The van der Waals surface area contributed by atoms with Crippen molar-refractivity contribution in [3.63, 3.8) is 0 Å². The number of hydrogen-bond acceptors (Lipinski definition) is 5. The van der Waals surface area contributed by atoms with Crippen LogP contribution in [0.15, 0.2) is 42.5 Å². The van der Waals surface area contributed by atoms with Crippen LogP contribution in [0, 0.1) is 16.0 Å². The maximum absolute atomic E-state index is 12.5. The van der Waals surface area contributed by atoms with E-state index in [1.165, 1.54) is 30.3 Å². The maximum atomic E-state index is 12.5. The highest BCUT2D eigenvalue weighted by atomic mass is 35.5. The van der Waals surface area contributed by atoms with Gasteiger partial charge in [0.1, 0.15) is 0 Å². The van der Waals surface area contributed by atoms with E-state index in [0.29, 0.717) is 18.8 Å². The highest BCUT2D eigenvalue weighted by Gasteiger charge is 2.33. The topological polar surface area (TPSA) is 122 Å². The second-order valence-corrected chi connectivity index (χ2v) is 7.94. The molecule has 9 nitrogen and oxygen atoms in total. The van der Waals surface area contributed by atoms with Crippen LogP contribution in [0.5, 0.6) is 0 Å². The minimum atomic E-state index is -0.579. The number of nitro benzene ring substituents is 1. The number of unbranched alkanes of at least 4 members (excludes halogenated alkanes) is 1. The Kier molecular flexibility index (Phi) is 7.42. The van der Waals surface area contributed by atoms with E-state index in [1.54, 1.807) is 17.0 Å². The van der Waals surface area contributed by atoms with E-state index in [0.717, 1.165) is 12.8 Å². The van der Waals surface area contributed by atoms with Gasteiger partial charge in [-0.3, -0.25) is 24.5 Å². The van der Waals surface area contributed by atoms with Crippen molar-refractivity contribution < 1.29 is 19.3 Å². The number of nitrogens with zero attached hydrogens (tertiary/aromatic N) is 2. The number of hydrogen-bond donors (Lipinski definition) is 2. The fourth-order valence-corrected chi connectivity index (χ4v) is 3.54. The largest absolute Gasteiger partial charge is 0.342 e.